The molecule has 1 heterocycles. The molecule has 1 aromatic heterocycles. The largest absolute Gasteiger partial charge is 0.467 e. The number of furan rings is 1. The van der Waals surface area contributed by atoms with Crippen LogP contribution in [0.5, 0.6) is 0 Å². The Morgan fingerprint density at radius 1 is 1.11 bits per heavy atom. The van der Waals surface area contributed by atoms with E-state index in [9.17, 15) is 0 Å². The predicted molar refractivity (Wildman–Crippen MR) is 79.1 cm³/mol. The highest BCUT2D eigenvalue weighted by Gasteiger charge is 2.01. The maximum atomic E-state index is 5.62. The van der Waals surface area contributed by atoms with Gasteiger partial charge in [-0.1, -0.05) is 39.5 Å². The van der Waals surface area contributed by atoms with Crippen LogP contribution in [0, 0.1) is 0 Å². The van der Waals surface area contributed by atoms with Crippen LogP contribution in [0.25, 0.3) is 0 Å². The summed E-state index contributed by atoms with van der Waals surface area (Å²) in [6, 6.07) is 2.08. The molecule has 0 fully saturated rings. The quantitative estimate of drug-likeness (QED) is 0.574. The van der Waals surface area contributed by atoms with Crippen molar-refractivity contribution < 1.29 is 9.15 Å². The van der Waals surface area contributed by atoms with E-state index in [4.69, 9.17) is 9.15 Å². The van der Waals surface area contributed by atoms with Crippen molar-refractivity contribution >= 4 is 0 Å². The van der Waals surface area contributed by atoms with Crippen molar-refractivity contribution in [3.8, 4) is 0 Å². The zero-order valence-corrected chi connectivity index (χ0v) is 12.5. The number of unbranched alkanes of at least 4 members (excludes halogenated alkanes) is 4. The molecule has 0 amide bonds. The average molecular weight is 267 g/mol. The summed E-state index contributed by atoms with van der Waals surface area (Å²) >= 11 is 0. The molecule has 0 radical (unpaired) electrons. The molecule has 0 unspecified atom stereocenters. The number of rotatable bonds is 12. The van der Waals surface area contributed by atoms with Gasteiger partial charge in [-0.05, 0) is 25.5 Å². The molecule has 0 spiro atoms. The highest BCUT2D eigenvalue weighted by Crippen LogP contribution is 2.10. The van der Waals surface area contributed by atoms with Gasteiger partial charge in [0.05, 0.1) is 6.26 Å². The monoisotopic (exact) mass is 267 g/mol. The van der Waals surface area contributed by atoms with Crippen molar-refractivity contribution in [2.45, 2.75) is 65.5 Å². The lowest BCUT2D eigenvalue weighted by atomic mass is 10.2. The van der Waals surface area contributed by atoms with Crippen molar-refractivity contribution in [2.75, 3.05) is 13.2 Å². The topological polar surface area (TPSA) is 34.4 Å². The summed E-state index contributed by atoms with van der Waals surface area (Å²) in [5.41, 5.74) is 1.20. The first-order chi connectivity index (χ1) is 9.36. The molecule has 19 heavy (non-hydrogen) atoms. The van der Waals surface area contributed by atoms with Crippen molar-refractivity contribution in [2.24, 2.45) is 0 Å². The van der Waals surface area contributed by atoms with Crippen molar-refractivity contribution in [1.82, 2.24) is 5.32 Å². The minimum absolute atomic E-state index is 0.599. The first-order valence-electron chi connectivity index (χ1n) is 7.71. The maximum absolute atomic E-state index is 5.62. The number of ether oxygens (including phenoxy) is 1. The van der Waals surface area contributed by atoms with Gasteiger partial charge >= 0.3 is 0 Å². The van der Waals surface area contributed by atoms with Gasteiger partial charge in [0.15, 0.2) is 0 Å². The van der Waals surface area contributed by atoms with E-state index < -0.39 is 0 Å². The van der Waals surface area contributed by atoms with Gasteiger partial charge in [-0.15, -0.1) is 0 Å². The van der Waals surface area contributed by atoms with E-state index in [-0.39, 0.29) is 0 Å². The zero-order valence-electron chi connectivity index (χ0n) is 12.5. The van der Waals surface area contributed by atoms with Crippen LogP contribution in [0.1, 0.15) is 63.7 Å². The Labute approximate surface area is 117 Å². The van der Waals surface area contributed by atoms with Crippen LogP contribution in [0.15, 0.2) is 16.7 Å². The molecule has 0 aliphatic heterocycles. The molecule has 0 saturated heterocycles. The third-order valence-corrected chi connectivity index (χ3v) is 3.10. The predicted octanol–water partition coefficient (Wildman–Crippen LogP) is 4.27. The minimum Gasteiger partial charge on any atom is -0.467 e. The van der Waals surface area contributed by atoms with Crippen LogP contribution < -0.4 is 5.32 Å². The molecule has 3 nitrogen and oxygen atoms in total. The van der Waals surface area contributed by atoms with Gasteiger partial charge in [-0.3, -0.25) is 0 Å². The van der Waals surface area contributed by atoms with E-state index in [0.29, 0.717) is 6.61 Å². The second-order valence-corrected chi connectivity index (χ2v) is 5.06. The molecular weight excluding hydrogens is 238 g/mol. The molecule has 110 valence electrons. The highest BCUT2D eigenvalue weighted by atomic mass is 16.5. The molecule has 1 aromatic rings. The molecule has 1 rings (SSSR count). The second-order valence-electron chi connectivity index (χ2n) is 5.06. The summed E-state index contributed by atoms with van der Waals surface area (Å²) < 4.78 is 11.1. The molecule has 0 aliphatic rings. The Morgan fingerprint density at radius 2 is 1.95 bits per heavy atom. The van der Waals surface area contributed by atoms with Gasteiger partial charge in [0.1, 0.15) is 12.4 Å². The molecule has 1 N–H and O–H groups in total. The van der Waals surface area contributed by atoms with Crippen LogP contribution in [0.4, 0.5) is 0 Å². The van der Waals surface area contributed by atoms with Gasteiger partial charge < -0.3 is 14.5 Å². The number of hydrogen-bond donors (Lipinski definition) is 1. The lowest BCUT2D eigenvalue weighted by molar-refractivity contribution is 0.102. The first-order valence-corrected chi connectivity index (χ1v) is 7.71. The Hall–Kier alpha value is -0.800. The smallest absolute Gasteiger partial charge is 0.129 e. The lowest BCUT2D eigenvalue weighted by Gasteiger charge is -2.02. The molecule has 0 aliphatic carbocycles. The number of nitrogens with one attached hydrogen (secondary N) is 1. The van der Waals surface area contributed by atoms with Gasteiger partial charge in [0.25, 0.3) is 0 Å². The fourth-order valence-corrected chi connectivity index (χ4v) is 1.98. The molecule has 0 atom stereocenters. The SMILES string of the molecule is CCCCCCCOCc1cc(CNCCC)co1. The third-order valence-electron chi connectivity index (χ3n) is 3.10. The molecule has 3 heteroatoms. The van der Waals surface area contributed by atoms with Gasteiger partial charge in [-0.25, -0.2) is 0 Å². The van der Waals surface area contributed by atoms with Crippen LogP contribution >= 0.6 is 0 Å². The molecule has 0 bridgehead atoms. The fourth-order valence-electron chi connectivity index (χ4n) is 1.98. The van der Waals surface area contributed by atoms with E-state index in [1.807, 2.05) is 6.26 Å². The first kappa shape index (κ1) is 16.3. The highest BCUT2D eigenvalue weighted by molar-refractivity contribution is 5.11. The van der Waals surface area contributed by atoms with Gasteiger partial charge in [0, 0.05) is 18.7 Å². The summed E-state index contributed by atoms with van der Waals surface area (Å²) in [6.07, 6.45) is 9.38. The van der Waals surface area contributed by atoms with Crippen LogP contribution in [-0.2, 0) is 17.9 Å². The average Bonchev–Trinajstić information content (AvgIpc) is 2.86. The Kier molecular flexibility index (Phi) is 9.46. The molecule has 0 aromatic carbocycles. The Bertz CT molecular complexity index is 309. The summed E-state index contributed by atoms with van der Waals surface area (Å²) in [6.45, 7) is 7.78. The van der Waals surface area contributed by atoms with E-state index in [2.05, 4.69) is 25.2 Å². The van der Waals surface area contributed by atoms with Crippen molar-refractivity contribution in [3.05, 3.63) is 23.7 Å². The summed E-state index contributed by atoms with van der Waals surface area (Å²) in [5.74, 6) is 0.932. The van der Waals surface area contributed by atoms with E-state index >= 15 is 0 Å². The standard InChI is InChI=1S/C16H29NO2/c1-3-5-6-7-8-10-18-14-16-11-15(13-19-16)12-17-9-4-2/h11,13,17H,3-10,12,14H2,1-2H3. The summed E-state index contributed by atoms with van der Waals surface area (Å²) in [7, 11) is 0. The van der Waals surface area contributed by atoms with Gasteiger partial charge in [0.2, 0.25) is 0 Å². The molecular formula is C16H29NO2. The third kappa shape index (κ3) is 8.06. The second kappa shape index (κ2) is 11.1. The zero-order chi connectivity index (χ0) is 13.8. The van der Waals surface area contributed by atoms with Crippen LogP contribution in [0.2, 0.25) is 0 Å². The Balaban J connectivity index is 2.03. The summed E-state index contributed by atoms with van der Waals surface area (Å²) in [5, 5.41) is 3.36. The maximum Gasteiger partial charge on any atom is 0.129 e. The van der Waals surface area contributed by atoms with Crippen LogP contribution in [-0.4, -0.2) is 13.2 Å². The van der Waals surface area contributed by atoms with Crippen LogP contribution in [0.3, 0.4) is 0 Å². The normalized spacial score (nSPS) is 11.1. The van der Waals surface area contributed by atoms with Crippen molar-refractivity contribution in [3.63, 3.8) is 0 Å². The van der Waals surface area contributed by atoms with Crippen molar-refractivity contribution in [1.29, 1.82) is 0 Å². The van der Waals surface area contributed by atoms with E-state index in [0.717, 1.165) is 38.3 Å². The minimum atomic E-state index is 0.599. The Morgan fingerprint density at radius 3 is 2.74 bits per heavy atom. The van der Waals surface area contributed by atoms with Gasteiger partial charge in [-0.2, -0.15) is 0 Å². The van der Waals surface area contributed by atoms with E-state index in [1.165, 1.54) is 31.2 Å². The molecule has 0 saturated carbocycles. The summed E-state index contributed by atoms with van der Waals surface area (Å²) in [4.78, 5) is 0. The van der Waals surface area contributed by atoms with E-state index in [1.54, 1.807) is 0 Å². The lowest BCUT2D eigenvalue weighted by Crippen LogP contribution is -2.13. The number of hydrogen-bond acceptors (Lipinski definition) is 3. The fraction of sp³-hybridized carbons (Fsp3) is 0.750.